The average Bonchev–Trinajstić information content (AvgIpc) is 3.01. The van der Waals surface area contributed by atoms with Crippen molar-refractivity contribution in [1.82, 2.24) is 14.7 Å². The molecule has 7 heteroatoms. The van der Waals surface area contributed by atoms with Crippen molar-refractivity contribution in [3.8, 4) is 0 Å². The number of anilines is 1. The van der Waals surface area contributed by atoms with E-state index in [1.165, 1.54) is 28.7 Å². The predicted octanol–water partition coefficient (Wildman–Crippen LogP) is 2.64. The predicted molar refractivity (Wildman–Crippen MR) is 92.1 cm³/mol. The van der Waals surface area contributed by atoms with Crippen LogP contribution in [0.5, 0.6) is 0 Å². The Balaban J connectivity index is 1.95. The topological polar surface area (TPSA) is 75.5 Å². The maximum absolute atomic E-state index is 13.0. The molecule has 0 atom stereocenters. The van der Waals surface area contributed by atoms with Crippen LogP contribution in [0.15, 0.2) is 61.3 Å². The SMILES string of the molecule is C=CCNC(=O)c1nc(C(=O)Nc2ccc(F)cc2)c2ccccn12. The first-order valence-corrected chi connectivity index (χ1v) is 7.53. The highest BCUT2D eigenvalue weighted by Crippen LogP contribution is 2.16. The van der Waals surface area contributed by atoms with E-state index in [9.17, 15) is 14.0 Å². The minimum atomic E-state index is -0.488. The van der Waals surface area contributed by atoms with Gasteiger partial charge in [-0.2, -0.15) is 0 Å². The smallest absolute Gasteiger partial charge is 0.287 e. The lowest BCUT2D eigenvalue weighted by molar-refractivity contribution is 0.0947. The van der Waals surface area contributed by atoms with Crippen LogP contribution in [0.4, 0.5) is 10.1 Å². The van der Waals surface area contributed by atoms with Crippen LogP contribution < -0.4 is 10.6 Å². The number of nitrogens with zero attached hydrogens (tertiary/aromatic N) is 2. The number of imidazole rings is 1. The highest BCUT2D eigenvalue weighted by atomic mass is 19.1. The number of halogens is 1. The molecule has 3 rings (SSSR count). The third kappa shape index (κ3) is 3.40. The van der Waals surface area contributed by atoms with Gasteiger partial charge in [0.2, 0.25) is 5.82 Å². The summed E-state index contributed by atoms with van der Waals surface area (Å²) in [6.45, 7) is 3.83. The van der Waals surface area contributed by atoms with Gasteiger partial charge in [0, 0.05) is 18.4 Å². The average molecular weight is 338 g/mol. The second-order valence-corrected chi connectivity index (χ2v) is 5.20. The van der Waals surface area contributed by atoms with Crippen LogP contribution in [0.25, 0.3) is 5.52 Å². The quantitative estimate of drug-likeness (QED) is 0.702. The molecular weight excluding hydrogens is 323 g/mol. The number of aromatic nitrogens is 2. The number of rotatable bonds is 5. The molecule has 0 spiro atoms. The fourth-order valence-corrected chi connectivity index (χ4v) is 2.33. The lowest BCUT2D eigenvalue weighted by Crippen LogP contribution is -2.25. The van der Waals surface area contributed by atoms with Gasteiger partial charge < -0.3 is 10.6 Å². The van der Waals surface area contributed by atoms with Gasteiger partial charge in [0.25, 0.3) is 11.8 Å². The van der Waals surface area contributed by atoms with E-state index >= 15 is 0 Å². The molecule has 0 unspecified atom stereocenters. The third-order valence-electron chi connectivity index (χ3n) is 3.48. The Morgan fingerprint density at radius 2 is 1.92 bits per heavy atom. The summed E-state index contributed by atoms with van der Waals surface area (Å²) in [5.41, 5.74) is 1.03. The molecule has 0 fully saturated rings. The number of nitrogens with one attached hydrogen (secondary N) is 2. The lowest BCUT2D eigenvalue weighted by Gasteiger charge is -2.03. The van der Waals surface area contributed by atoms with E-state index in [0.29, 0.717) is 11.2 Å². The van der Waals surface area contributed by atoms with Gasteiger partial charge in [0.05, 0.1) is 5.52 Å². The van der Waals surface area contributed by atoms with E-state index in [2.05, 4.69) is 22.2 Å². The van der Waals surface area contributed by atoms with Crippen LogP contribution in [0.3, 0.4) is 0 Å². The standard InChI is InChI=1S/C18H15FN4O2/c1-2-10-20-18(25)16-22-15(14-5-3-4-11-23(14)16)17(24)21-13-8-6-12(19)7-9-13/h2-9,11H,1,10H2,(H,20,25)(H,21,24). The monoisotopic (exact) mass is 338 g/mol. The lowest BCUT2D eigenvalue weighted by atomic mass is 10.2. The van der Waals surface area contributed by atoms with Gasteiger partial charge in [-0.1, -0.05) is 12.1 Å². The Hall–Kier alpha value is -3.48. The largest absolute Gasteiger partial charge is 0.346 e. The van der Waals surface area contributed by atoms with Crippen molar-refractivity contribution in [2.24, 2.45) is 0 Å². The van der Waals surface area contributed by atoms with Crippen LogP contribution in [-0.4, -0.2) is 27.7 Å². The molecule has 0 saturated carbocycles. The number of benzene rings is 1. The second-order valence-electron chi connectivity index (χ2n) is 5.20. The Kier molecular flexibility index (Phi) is 4.56. The van der Waals surface area contributed by atoms with Gasteiger partial charge in [-0.25, -0.2) is 9.37 Å². The normalized spacial score (nSPS) is 10.4. The minimum Gasteiger partial charge on any atom is -0.346 e. The Morgan fingerprint density at radius 3 is 2.64 bits per heavy atom. The van der Waals surface area contributed by atoms with Crippen molar-refractivity contribution in [3.05, 3.63) is 78.7 Å². The number of fused-ring (bicyclic) bond motifs is 1. The fraction of sp³-hybridized carbons (Fsp3) is 0.0556. The van der Waals surface area contributed by atoms with Crippen LogP contribution in [-0.2, 0) is 0 Å². The molecule has 3 aromatic rings. The first-order valence-electron chi connectivity index (χ1n) is 7.53. The molecule has 126 valence electrons. The third-order valence-corrected chi connectivity index (χ3v) is 3.48. The fourth-order valence-electron chi connectivity index (χ4n) is 2.33. The maximum Gasteiger partial charge on any atom is 0.287 e. The van der Waals surface area contributed by atoms with Crippen molar-refractivity contribution < 1.29 is 14.0 Å². The van der Waals surface area contributed by atoms with Gasteiger partial charge in [0.1, 0.15) is 5.82 Å². The Bertz CT molecular complexity index is 947. The number of carbonyl (C=O) groups excluding carboxylic acids is 2. The van der Waals surface area contributed by atoms with Crippen LogP contribution in [0, 0.1) is 5.82 Å². The Morgan fingerprint density at radius 1 is 1.16 bits per heavy atom. The molecule has 0 aliphatic carbocycles. The van der Waals surface area contributed by atoms with E-state index in [4.69, 9.17) is 0 Å². The molecule has 1 aromatic carbocycles. The second kappa shape index (κ2) is 6.96. The molecule has 2 amide bonds. The molecule has 6 nitrogen and oxygen atoms in total. The maximum atomic E-state index is 13.0. The van der Waals surface area contributed by atoms with Gasteiger partial charge in [-0.3, -0.25) is 14.0 Å². The summed E-state index contributed by atoms with van der Waals surface area (Å²) in [6, 6.07) is 10.6. The molecular formula is C18H15FN4O2. The summed E-state index contributed by atoms with van der Waals surface area (Å²) in [5.74, 6) is -1.20. The molecule has 0 saturated heterocycles. The van der Waals surface area contributed by atoms with Crippen molar-refractivity contribution >= 4 is 23.0 Å². The number of hydrogen-bond acceptors (Lipinski definition) is 3. The number of pyridine rings is 1. The van der Waals surface area contributed by atoms with Crippen LogP contribution in [0.1, 0.15) is 21.1 Å². The first-order chi connectivity index (χ1) is 12.1. The summed E-state index contributed by atoms with van der Waals surface area (Å²) >= 11 is 0. The highest BCUT2D eigenvalue weighted by molar-refractivity contribution is 6.08. The van der Waals surface area contributed by atoms with Gasteiger partial charge in [-0.05, 0) is 36.4 Å². The van der Waals surface area contributed by atoms with Crippen molar-refractivity contribution in [3.63, 3.8) is 0 Å². The van der Waals surface area contributed by atoms with E-state index in [1.807, 2.05) is 0 Å². The van der Waals surface area contributed by atoms with Gasteiger partial charge in [-0.15, -0.1) is 6.58 Å². The van der Waals surface area contributed by atoms with E-state index in [-0.39, 0.29) is 18.1 Å². The van der Waals surface area contributed by atoms with Gasteiger partial charge >= 0.3 is 0 Å². The van der Waals surface area contributed by atoms with E-state index in [1.54, 1.807) is 30.5 Å². The number of hydrogen-bond donors (Lipinski definition) is 2. The van der Waals surface area contributed by atoms with Crippen molar-refractivity contribution in [2.45, 2.75) is 0 Å². The first kappa shape index (κ1) is 16.4. The summed E-state index contributed by atoms with van der Waals surface area (Å²) in [7, 11) is 0. The molecule has 0 aliphatic rings. The highest BCUT2D eigenvalue weighted by Gasteiger charge is 2.21. The van der Waals surface area contributed by atoms with E-state index in [0.717, 1.165) is 0 Å². The van der Waals surface area contributed by atoms with Crippen LogP contribution in [0.2, 0.25) is 0 Å². The number of amides is 2. The number of carbonyl (C=O) groups is 2. The molecule has 0 bridgehead atoms. The van der Waals surface area contributed by atoms with Gasteiger partial charge in [0.15, 0.2) is 5.69 Å². The zero-order valence-corrected chi connectivity index (χ0v) is 13.2. The van der Waals surface area contributed by atoms with Crippen molar-refractivity contribution in [2.75, 3.05) is 11.9 Å². The summed E-state index contributed by atoms with van der Waals surface area (Å²) in [5, 5.41) is 5.28. The Labute approximate surface area is 143 Å². The van der Waals surface area contributed by atoms with Crippen molar-refractivity contribution in [1.29, 1.82) is 0 Å². The summed E-state index contributed by atoms with van der Waals surface area (Å²) < 4.78 is 14.5. The summed E-state index contributed by atoms with van der Waals surface area (Å²) in [6.07, 6.45) is 3.20. The molecule has 2 aromatic heterocycles. The zero-order valence-electron chi connectivity index (χ0n) is 13.2. The summed E-state index contributed by atoms with van der Waals surface area (Å²) in [4.78, 5) is 29.0. The molecule has 25 heavy (non-hydrogen) atoms. The minimum absolute atomic E-state index is 0.0988. The zero-order chi connectivity index (χ0) is 17.8. The molecule has 2 N–H and O–H groups in total. The van der Waals surface area contributed by atoms with E-state index < -0.39 is 17.6 Å². The molecule has 0 aliphatic heterocycles. The molecule has 0 radical (unpaired) electrons. The molecule has 2 heterocycles. The van der Waals surface area contributed by atoms with Crippen LogP contribution >= 0.6 is 0 Å².